The van der Waals surface area contributed by atoms with Crippen molar-refractivity contribution in [3.8, 4) is 0 Å². The maximum Gasteiger partial charge on any atom is 0.320 e. The molecule has 0 rings (SSSR count). The highest BCUT2D eigenvalue weighted by Crippen LogP contribution is 2.08. The van der Waals surface area contributed by atoms with E-state index in [-0.39, 0.29) is 13.2 Å². The van der Waals surface area contributed by atoms with Crippen molar-refractivity contribution in [2.45, 2.75) is 26.2 Å². The minimum Gasteiger partial charge on any atom is -0.465 e. The fourth-order valence-electron chi connectivity index (χ4n) is 1.38. The van der Waals surface area contributed by atoms with Crippen LogP contribution in [0.1, 0.15) is 26.2 Å². The summed E-state index contributed by atoms with van der Waals surface area (Å²) in [6, 6.07) is 0. The molecular formula is C13H24O6. The van der Waals surface area contributed by atoms with E-state index in [0.29, 0.717) is 32.5 Å². The molecule has 0 saturated heterocycles. The van der Waals surface area contributed by atoms with Gasteiger partial charge in [0.2, 0.25) is 0 Å². The van der Waals surface area contributed by atoms with Crippen molar-refractivity contribution in [2.75, 3.05) is 40.6 Å². The van der Waals surface area contributed by atoms with Crippen LogP contribution in [0, 0.1) is 5.92 Å². The number of ether oxygens (including phenoxy) is 4. The summed E-state index contributed by atoms with van der Waals surface area (Å²) >= 11 is 0. The van der Waals surface area contributed by atoms with Gasteiger partial charge in [0.05, 0.1) is 13.2 Å². The average molecular weight is 276 g/mol. The lowest BCUT2D eigenvalue weighted by Gasteiger charge is -2.13. The fourth-order valence-corrected chi connectivity index (χ4v) is 1.38. The van der Waals surface area contributed by atoms with Crippen LogP contribution in [0.4, 0.5) is 0 Å². The number of hydrogen-bond donors (Lipinski definition) is 0. The smallest absolute Gasteiger partial charge is 0.320 e. The molecule has 0 aromatic rings. The Balaban J connectivity index is 3.94. The van der Waals surface area contributed by atoms with Crippen molar-refractivity contribution in [1.82, 2.24) is 0 Å². The second-order valence-corrected chi connectivity index (χ2v) is 3.99. The molecule has 19 heavy (non-hydrogen) atoms. The van der Waals surface area contributed by atoms with Crippen molar-refractivity contribution in [3.63, 3.8) is 0 Å². The van der Waals surface area contributed by atoms with Crippen molar-refractivity contribution >= 4 is 11.9 Å². The maximum absolute atomic E-state index is 11.7. The van der Waals surface area contributed by atoms with Crippen LogP contribution in [-0.2, 0) is 28.5 Å². The van der Waals surface area contributed by atoms with Crippen LogP contribution in [0.15, 0.2) is 0 Å². The molecule has 0 aliphatic heterocycles. The Kier molecular flexibility index (Phi) is 11.2. The van der Waals surface area contributed by atoms with Gasteiger partial charge in [-0.15, -0.1) is 0 Å². The molecule has 0 N–H and O–H groups in total. The topological polar surface area (TPSA) is 71.1 Å². The summed E-state index contributed by atoms with van der Waals surface area (Å²) in [4.78, 5) is 23.4. The highest BCUT2D eigenvalue weighted by atomic mass is 16.6. The number of methoxy groups -OCH3 is 2. The van der Waals surface area contributed by atoms with Crippen LogP contribution in [0.25, 0.3) is 0 Å². The molecule has 0 bridgehead atoms. The fraction of sp³-hybridized carbons (Fsp3) is 0.846. The normalized spacial score (nSPS) is 10.5. The largest absolute Gasteiger partial charge is 0.465 e. The minimum atomic E-state index is -0.843. The molecule has 0 fully saturated rings. The van der Waals surface area contributed by atoms with E-state index < -0.39 is 17.9 Å². The van der Waals surface area contributed by atoms with Gasteiger partial charge in [-0.05, 0) is 6.42 Å². The summed E-state index contributed by atoms with van der Waals surface area (Å²) in [6.07, 6.45) is 1.59. The zero-order chi connectivity index (χ0) is 14.5. The van der Waals surface area contributed by atoms with Gasteiger partial charge in [-0.25, -0.2) is 0 Å². The van der Waals surface area contributed by atoms with Crippen LogP contribution < -0.4 is 0 Å². The summed E-state index contributed by atoms with van der Waals surface area (Å²) in [5.74, 6) is -1.91. The van der Waals surface area contributed by atoms with E-state index >= 15 is 0 Å². The lowest BCUT2D eigenvalue weighted by Crippen LogP contribution is -2.28. The molecule has 0 radical (unpaired) electrons. The molecule has 6 nitrogen and oxygen atoms in total. The monoisotopic (exact) mass is 276 g/mol. The van der Waals surface area contributed by atoms with Gasteiger partial charge in [-0.2, -0.15) is 0 Å². The molecule has 0 atom stereocenters. The first kappa shape index (κ1) is 17.9. The van der Waals surface area contributed by atoms with Crippen molar-refractivity contribution in [1.29, 1.82) is 0 Å². The Morgan fingerprint density at radius 1 is 0.842 bits per heavy atom. The van der Waals surface area contributed by atoms with Crippen molar-refractivity contribution in [3.05, 3.63) is 0 Å². The Morgan fingerprint density at radius 3 is 1.58 bits per heavy atom. The third-order valence-electron chi connectivity index (χ3n) is 2.45. The van der Waals surface area contributed by atoms with Crippen LogP contribution in [0.3, 0.4) is 0 Å². The van der Waals surface area contributed by atoms with Crippen molar-refractivity contribution < 1.29 is 28.5 Å². The van der Waals surface area contributed by atoms with Gasteiger partial charge in [0.1, 0.15) is 0 Å². The molecule has 0 aliphatic rings. The first-order valence-electron chi connectivity index (χ1n) is 6.48. The van der Waals surface area contributed by atoms with Gasteiger partial charge in [0.25, 0.3) is 0 Å². The standard InChI is InChI=1S/C13H24O6/c1-4-11(12(14)18-9-5-7-16-2)13(15)19-10-6-8-17-3/h11H,4-10H2,1-3H3. The van der Waals surface area contributed by atoms with E-state index in [1.54, 1.807) is 21.1 Å². The molecule has 0 unspecified atom stereocenters. The summed E-state index contributed by atoms with van der Waals surface area (Å²) in [7, 11) is 3.15. The molecule has 0 saturated carbocycles. The average Bonchev–Trinajstić information content (AvgIpc) is 2.40. The predicted octanol–water partition coefficient (Wildman–Crippen LogP) is 1.17. The summed E-state index contributed by atoms with van der Waals surface area (Å²) in [6.45, 7) is 3.29. The summed E-state index contributed by atoms with van der Waals surface area (Å²) in [5.41, 5.74) is 0. The Bertz CT molecular complexity index is 230. The van der Waals surface area contributed by atoms with E-state index in [9.17, 15) is 9.59 Å². The Morgan fingerprint density at radius 2 is 1.26 bits per heavy atom. The van der Waals surface area contributed by atoms with E-state index in [4.69, 9.17) is 18.9 Å². The molecule has 0 aliphatic carbocycles. The lowest BCUT2D eigenvalue weighted by atomic mass is 10.1. The van der Waals surface area contributed by atoms with E-state index in [1.807, 2.05) is 0 Å². The molecule has 112 valence electrons. The second-order valence-electron chi connectivity index (χ2n) is 3.99. The highest BCUT2D eigenvalue weighted by molar-refractivity contribution is 5.94. The molecule has 0 aromatic heterocycles. The SMILES string of the molecule is CCC(C(=O)OCCCOC)C(=O)OCCCOC. The number of carbonyl (C=O) groups excluding carboxylic acids is 2. The highest BCUT2D eigenvalue weighted by Gasteiger charge is 2.27. The second kappa shape index (κ2) is 11.9. The maximum atomic E-state index is 11.7. The van der Waals surface area contributed by atoms with Gasteiger partial charge in [0, 0.05) is 40.3 Å². The van der Waals surface area contributed by atoms with E-state index in [2.05, 4.69) is 0 Å². The number of carbonyl (C=O) groups is 2. The van der Waals surface area contributed by atoms with Crippen LogP contribution in [-0.4, -0.2) is 52.6 Å². The zero-order valence-electron chi connectivity index (χ0n) is 12.0. The molecule has 0 spiro atoms. The third-order valence-corrected chi connectivity index (χ3v) is 2.45. The minimum absolute atomic E-state index is 0.250. The summed E-state index contributed by atoms with van der Waals surface area (Å²) < 4.78 is 19.7. The molecule has 0 amide bonds. The molecule has 0 aromatic carbocycles. The van der Waals surface area contributed by atoms with E-state index in [1.165, 1.54) is 0 Å². The zero-order valence-corrected chi connectivity index (χ0v) is 12.0. The Labute approximate surface area is 114 Å². The predicted molar refractivity (Wildman–Crippen MR) is 68.7 cm³/mol. The molecule has 6 heteroatoms. The number of hydrogen-bond acceptors (Lipinski definition) is 6. The van der Waals surface area contributed by atoms with Crippen LogP contribution in [0.5, 0.6) is 0 Å². The van der Waals surface area contributed by atoms with Gasteiger partial charge >= 0.3 is 11.9 Å². The van der Waals surface area contributed by atoms with Crippen LogP contribution >= 0.6 is 0 Å². The van der Waals surface area contributed by atoms with E-state index in [0.717, 1.165) is 0 Å². The van der Waals surface area contributed by atoms with Gasteiger partial charge in [-0.3, -0.25) is 9.59 Å². The van der Waals surface area contributed by atoms with Crippen molar-refractivity contribution in [2.24, 2.45) is 5.92 Å². The van der Waals surface area contributed by atoms with Crippen LogP contribution in [0.2, 0.25) is 0 Å². The van der Waals surface area contributed by atoms with Gasteiger partial charge < -0.3 is 18.9 Å². The number of rotatable bonds is 11. The number of esters is 2. The molecular weight excluding hydrogens is 252 g/mol. The lowest BCUT2D eigenvalue weighted by molar-refractivity contribution is -0.162. The Hall–Kier alpha value is -1.14. The van der Waals surface area contributed by atoms with Gasteiger partial charge in [-0.1, -0.05) is 6.92 Å². The third kappa shape index (κ3) is 8.56. The quantitative estimate of drug-likeness (QED) is 0.320. The molecule has 0 heterocycles. The van der Waals surface area contributed by atoms with Gasteiger partial charge in [0.15, 0.2) is 5.92 Å². The first-order chi connectivity index (χ1) is 9.17. The summed E-state index contributed by atoms with van der Waals surface area (Å²) in [5, 5.41) is 0. The first-order valence-corrected chi connectivity index (χ1v) is 6.48.